The molecular weight excluding hydrogens is 260 g/mol. The predicted molar refractivity (Wildman–Crippen MR) is 77.5 cm³/mol. The summed E-state index contributed by atoms with van der Waals surface area (Å²) in [5.41, 5.74) is 0. The highest BCUT2D eigenvalue weighted by atomic mass is 16.5. The van der Waals surface area contributed by atoms with Crippen LogP contribution in [0.4, 0.5) is 0 Å². The Bertz CT molecular complexity index is 272. The predicted octanol–water partition coefficient (Wildman–Crippen LogP) is 0.804. The van der Waals surface area contributed by atoms with Crippen molar-refractivity contribution in [2.75, 3.05) is 46.1 Å². The average Bonchev–Trinajstić information content (AvgIpc) is 2.43. The molecule has 0 bridgehead atoms. The van der Waals surface area contributed by atoms with Crippen molar-refractivity contribution in [2.24, 2.45) is 0 Å². The second-order valence-electron chi connectivity index (χ2n) is 4.39. The number of ether oxygens (including phenoxy) is 2. The summed E-state index contributed by atoms with van der Waals surface area (Å²) in [7, 11) is 0. The van der Waals surface area contributed by atoms with Gasteiger partial charge in [-0.3, -0.25) is 14.5 Å². The molecule has 0 heterocycles. The van der Waals surface area contributed by atoms with Gasteiger partial charge in [0, 0.05) is 19.9 Å². The molecule has 0 aromatic carbocycles. The topological polar surface area (TPSA) is 67.9 Å². The Morgan fingerprint density at radius 3 is 2.20 bits per heavy atom. The van der Waals surface area contributed by atoms with Crippen molar-refractivity contribution in [3.63, 3.8) is 0 Å². The molecule has 0 aliphatic rings. The van der Waals surface area contributed by atoms with E-state index in [1.54, 1.807) is 6.92 Å². The first-order valence-corrected chi connectivity index (χ1v) is 7.30. The van der Waals surface area contributed by atoms with Gasteiger partial charge in [0.05, 0.1) is 33.0 Å². The molecule has 118 valence electrons. The molecule has 1 N–H and O–H groups in total. The van der Waals surface area contributed by atoms with E-state index in [2.05, 4.69) is 12.2 Å². The molecule has 0 unspecified atom stereocenters. The molecule has 0 spiro atoms. The summed E-state index contributed by atoms with van der Waals surface area (Å²) >= 11 is 0. The molecule has 0 aliphatic heterocycles. The second-order valence-corrected chi connectivity index (χ2v) is 4.39. The monoisotopic (exact) mass is 288 g/mol. The van der Waals surface area contributed by atoms with E-state index in [-0.39, 0.29) is 11.8 Å². The highest BCUT2D eigenvalue weighted by Gasteiger charge is 2.15. The van der Waals surface area contributed by atoms with E-state index in [1.165, 1.54) is 11.8 Å². The van der Waals surface area contributed by atoms with Crippen molar-refractivity contribution in [1.82, 2.24) is 10.2 Å². The van der Waals surface area contributed by atoms with Crippen molar-refractivity contribution in [3.8, 4) is 0 Å². The average molecular weight is 288 g/mol. The highest BCUT2D eigenvalue weighted by Crippen LogP contribution is 1.95. The standard InChI is InChI=1S/C14H28N2O4/c1-4-6-15-7-9-19-11-12-20-10-8-16(13(3)17)14(18)5-2/h15H,4-12H2,1-3H3. The van der Waals surface area contributed by atoms with E-state index in [4.69, 9.17) is 9.47 Å². The fraction of sp³-hybridized carbons (Fsp3) is 0.857. The van der Waals surface area contributed by atoms with E-state index in [0.717, 1.165) is 19.5 Å². The Kier molecular flexibility index (Phi) is 12.4. The lowest BCUT2D eigenvalue weighted by Crippen LogP contribution is -2.37. The minimum Gasteiger partial charge on any atom is -0.378 e. The fourth-order valence-corrected chi connectivity index (χ4v) is 1.57. The van der Waals surface area contributed by atoms with E-state index < -0.39 is 0 Å². The highest BCUT2D eigenvalue weighted by molar-refractivity contribution is 5.93. The molecule has 0 aromatic heterocycles. The van der Waals surface area contributed by atoms with Crippen molar-refractivity contribution >= 4 is 11.8 Å². The van der Waals surface area contributed by atoms with Crippen LogP contribution in [0.25, 0.3) is 0 Å². The van der Waals surface area contributed by atoms with Gasteiger partial charge in [-0.05, 0) is 13.0 Å². The molecule has 0 rings (SSSR count). The Hall–Kier alpha value is -0.980. The Morgan fingerprint density at radius 1 is 1.00 bits per heavy atom. The van der Waals surface area contributed by atoms with E-state index in [9.17, 15) is 9.59 Å². The van der Waals surface area contributed by atoms with Gasteiger partial charge in [-0.25, -0.2) is 0 Å². The van der Waals surface area contributed by atoms with Crippen LogP contribution in [0.2, 0.25) is 0 Å². The normalized spacial score (nSPS) is 10.6. The second kappa shape index (κ2) is 13.0. The van der Waals surface area contributed by atoms with Crippen LogP contribution in [0.3, 0.4) is 0 Å². The minimum atomic E-state index is -0.237. The van der Waals surface area contributed by atoms with Crippen molar-refractivity contribution in [2.45, 2.75) is 33.6 Å². The van der Waals surface area contributed by atoms with Gasteiger partial charge in [-0.15, -0.1) is 0 Å². The first-order valence-electron chi connectivity index (χ1n) is 7.30. The molecular formula is C14H28N2O4. The minimum absolute atomic E-state index is 0.167. The van der Waals surface area contributed by atoms with Gasteiger partial charge in [0.2, 0.25) is 11.8 Å². The quantitative estimate of drug-likeness (QED) is 0.538. The number of hydrogen-bond acceptors (Lipinski definition) is 5. The number of imide groups is 1. The van der Waals surface area contributed by atoms with Crippen molar-refractivity contribution in [1.29, 1.82) is 0 Å². The van der Waals surface area contributed by atoms with Gasteiger partial charge in [0.1, 0.15) is 0 Å². The third-order valence-electron chi connectivity index (χ3n) is 2.66. The van der Waals surface area contributed by atoms with E-state index in [1.807, 2.05) is 0 Å². The van der Waals surface area contributed by atoms with Crippen LogP contribution in [0.1, 0.15) is 33.6 Å². The van der Waals surface area contributed by atoms with Crippen LogP contribution >= 0.6 is 0 Å². The molecule has 0 radical (unpaired) electrons. The van der Waals surface area contributed by atoms with Gasteiger partial charge in [-0.1, -0.05) is 13.8 Å². The van der Waals surface area contributed by atoms with Gasteiger partial charge < -0.3 is 14.8 Å². The molecule has 6 heteroatoms. The molecule has 0 saturated heterocycles. The summed E-state index contributed by atoms with van der Waals surface area (Å²) in [6.45, 7) is 9.41. The summed E-state index contributed by atoms with van der Waals surface area (Å²) in [6.07, 6.45) is 1.44. The summed E-state index contributed by atoms with van der Waals surface area (Å²) in [6, 6.07) is 0. The number of amides is 2. The number of nitrogens with zero attached hydrogens (tertiary/aromatic N) is 1. The maximum absolute atomic E-state index is 11.5. The molecule has 0 aromatic rings. The SMILES string of the molecule is CCCNCCOCCOCCN(C(C)=O)C(=O)CC. The lowest BCUT2D eigenvalue weighted by atomic mass is 10.4. The van der Waals surface area contributed by atoms with Crippen LogP contribution in [0, 0.1) is 0 Å². The smallest absolute Gasteiger partial charge is 0.228 e. The maximum atomic E-state index is 11.5. The summed E-state index contributed by atoms with van der Waals surface area (Å²) in [5, 5.41) is 3.24. The van der Waals surface area contributed by atoms with Crippen LogP contribution in [-0.4, -0.2) is 62.8 Å². The summed E-state index contributed by atoms with van der Waals surface area (Å²) in [4.78, 5) is 23.9. The van der Waals surface area contributed by atoms with Gasteiger partial charge in [0.25, 0.3) is 0 Å². The zero-order valence-electron chi connectivity index (χ0n) is 12.9. The number of nitrogens with one attached hydrogen (secondary N) is 1. The molecule has 0 saturated carbocycles. The lowest BCUT2D eigenvalue weighted by Gasteiger charge is -2.18. The molecule has 0 aliphatic carbocycles. The molecule has 2 amide bonds. The Balaban J connectivity index is 3.46. The first-order chi connectivity index (χ1) is 9.63. The van der Waals surface area contributed by atoms with Gasteiger partial charge >= 0.3 is 0 Å². The number of carbonyl (C=O) groups is 2. The number of hydrogen-bond donors (Lipinski definition) is 1. The third kappa shape index (κ3) is 9.89. The van der Waals surface area contributed by atoms with Crippen LogP contribution in [0.5, 0.6) is 0 Å². The molecule has 20 heavy (non-hydrogen) atoms. The molecule has 0 fully saturated rings. The molecule has 6 nitrogen and oxygen atoms in total. The van der Waals surface area contributed by atoms with Crippen LogP contribution < -0.4 is 5.32 Å². The van der Waals surface area contributed by atoms with E-state index >= 15 is 0 Å². The summed E-state index contributed by atoms with van der Waals surface area (Å²) in [5.74, 6) is -0.405. The van der Waals surface area contributed by atoms with Gasteiger partial charge in [0.15, 0.2) is 0 Å². The Labute approximate surface area is 121 Å². The van der Waals surface area contributed by atoms with Crippen LogP contribution in [0.15, 0.2) is 0 Å². The zero-order valence-corrected chi connectivity index (χ0v) is 12.9. The van der Waals surface area contributed by atoms with Crippen molar-refractivity contribution in [3.05, 3.63) is 0 Å². The van der Waals surface area contributed by atoms with E-state index in [0.29, 0.717) is 39.4 Å². The largest absolute Gasteiger partial charge is 0.378 e. The Morgan fingerprint density at radius 2 is 1.65 bits per heavy atom. The van der Waals surface area contributed by atoms with Crippen LogP contribution in [-0.2, 0) is 19.1 Å². The fourth-order valence-electron chi connectivity index (χ4n) is 1.57. The maximum Gasteiger partial charge on any atom is 0.228 e. The number of rotatable bonds is 12. The third-order valence-corrected chi connectivity index (χ3v) is 2.66. The number of carbonyl (C=O) groups excluding carboxylic acids is 2. The molecule has 0 atom stereocenters. The zero-order chi connectivity index (χ0) is 15.2. The lowest BCUT2D eigenvalue weighted by molar-refractivity contribution is -0.144. The first kappa shape index (κ1) is 19.0. The van der Waals surface area contributed by atoms with Crippen molar-refractivity contribution < 1.29 is 19.1 Å². The summed E-state index contributed by atoms with van der Waals surface area (Å²) < 4.78 is 10.7. The van der Waals surface area contributed by atoms with Gasteiger partial charge in [-0.2, -0.15) is 0 Å².